The summed E-state index contributed by atoms with van der Waals surface area (Å²) in [6.07, 6.45) is 3.88. The summed E-state index contributed by atoms with van der Waals surface area (Å²) in [7, 11) is 0. The van der Waals surface area contributed by atoms with E-state index in [9.17, 15) is 5.11 Å². The molecule has 1 heterocycles. The third-order valence-electron chi connectivity index (χ3n) is 3.59. The van der Waals surface area contributed by atoms with Gasteiger partial charge < -0.3 is 24.6 Å². The molecule has 120 valence electrons. The Morgan fingerprint density at radius 1 is 1.00 bits per heavy atom. The molecule has 0 saturated carbocycles. The van der Waals surface area contributed by atoms with Crippen LogP contribution in [0.3, 0.4) is 0 Å². The van der Waals surface area contributed by atoms with E-state index in [2.05, 4.69) is 12.2 Å². The normalized spacial score (nSPS) is 23.1. The molecule has 1 fully saturated rings. The number of hydrogen-bond acceptors (Lipinski definition) is 5. The van der Waals surface area contributed by atoms with Crippen LogP contribution in [-0.4, -0.2) is 63.9 Å². The number of aliphatic hydroxyl groups is 1. The molecule has 2 unspecified atom stereocenters. The molecular formula is C15H31NO4. The van der Waals surface area contributed by atoms with Crippen molar-refractivity contribution in [1.82, 2.24) is 5.32 Å². The molecule has 0 spiro atoms. The highest BCUT2D eigenvalue weighted by Gasteiger charge is 2.21. The molecule has 1 saturated heterocycles. The number of rotatable bonds is 12. The van der Waals surface area contributed by atoms with Gasteiger partial charge in [-0.25, -0.2) is 0 Å². The van der Waals surface area contributed by atoms with E-state index in [1.54, 1.807) is 0 Å². The molecule has 2 N–H and O–H groups in total. The van der Waals surface area contributed by atoms with Crippen LogP contribution in [0.1, 0.15) is 32.6 Å². The smallest absolute Gasteiger partial charge is 0.0701 e. The maximum atomic E-state index is 9.80. The van der Waals surface area contributed by atoms with Crippen molar-refractivity contribution >= 4 is 0 Å². The molecule has 1 aliphatic rings. The van der Waals surface area contributed by atoms with Crippen LogP contribution in [-0.2, 0) is 14.2 Å². The first-order chi connectivity index (χ1) is 9.84. The minimum absolute atomic E-state index is 0.170. The van der Waals surface area contributed by atoms with E-state index in [0.717, 1.165) is 39.0 Å². The molecule has 5 heteroatoms. The van der Waals surface area contributed by atoms with Gasteiger partial charge in [0.2, 0.25) is 0 Å². The molecule has 0 aromatic rings. The quantitative estimate of drug-likeness (QED) is 0.529. The highest BCUT2D eigenvalue weighted by Crippen LogP contribution is 2.14. The van der Waals surface area contributed by atoms with Gasteiger partial charge >= 0.3 is 0 Å². The van der Waals surface area contributed by atoms with E-state index < -0.39 is 0 Å². The first-order valence-corrected chi connectivity index (χ1v) is 7.96. The van der Waals surface area contributed by atoms with Crippen molar-refractivity contribution in [3.8, 4) is 0 Å². The Hall–Kier alpha value is -0.200. The molecule has 1 aliphatic heterocycles. The fourth-order valence-electron chi connectivity index (χ4n) is 2.23. The van der Waals surface area contributed by atoms with Crippen molar-refractivity contribution in [1.29, 1.82) is 0 Å². The highest BCUT2D eigenvalue weighted by atomic mass is 16.5. The van der Waals surface area contributed by atoms with Crippen molar-refractivity contribution in [3.05, 3.63) is 0 Å². The second-order valence-electron chi connectivity index (χ2n) is 5.30. The van der Waals surface area contributed by atoms with Gasteiger partial charge in [-0.05, 0) is 31.7 Å². The van der Waals surface area contributed by atoms with Crippen LogP contribution in [0.25, 0.3) is 0 Å². The topological polar surface area (TPSA) is 60.0 Å². The summed E-state index contributed by atoms with van der Waals surface area (Å²) < 4.78 is 16.3. The largest absolute Gasteiger partial charge is 0.393 e. The Balaban J connectivity index is 1.78. The first kappa shape index (κ1) is 17.9. The molecule has 0 amide bonds. The maximum absolute atomic E-state index is 9.80. The molecule has 20 heavy (non-hydrogen) atoms. The lowest BCUT2D eigenvalue weighted by Gasteiger charge is -2.28. The minimum Gasteiger partial charge on any atom is -0.393 e. The Kier molecular flexibility index (Phi) is 11.2. The monoisotopic (exact) mass is 289 g/mol. The van der Waals surface area contributed by atoms with Crippen molar-refractivity contribution in [2.75, 3.05) is 52.7 Å². The lowest BCUT2D eigenvalue weighted by atomic mass is 9.93. The van der Waals surface area contributed by atoms with E-state index in [4.69, 9.17) is 14.2 Å². The van der Waals surface area contributed by atoms with E-state index in [0.29, 0.717) is 39.0 Å². The summed E-state index contributed by atoms with van der Waals surface area (Å²) in [4.78, 5) is 0. The van der Waals surface area contributed by atoms with Crippen molar-refractivity contribution < 1.29 is 19.3 Å². The standard InChI is InChI=1S/C15H31NO4/c1-2-3-7-18-9-11-20-12-10-19-8-5-14-13-16-6-4-15(14)17/h14-17H,2-13H2,1H3. The van der Waals surface area contributed by atoms with Crippen molar-refractivity contribution in [2.24, 2.45) is 5.92 Å². The van der Waals surface area contributed by atoms with Crippen molar-refractivity contribution in [3.63, 3.8) is 0 Å². The predicted octanol–water partition coefficient (Wildman–Crippen LogP) is 1.20. The van der Waals surface area contributed by atoms with Gasteiger partial charge in [-0.1, -0.05) is 13.3 Å². The third-order valence-corrected chi connectivity index (χ3v) is 3.59. The van der Waals surface area contributed by atoms with Gasteiger partial charge in [0.1, 0.15) is 0 Å². The first-order valence-electron chi connectivity index (χ1n) is 7.96. The fraction of sp³-hybridized carbons (Fsp3) is 1.00. The lowest BCUT2D eigenvalue weighted by molar-refractivity contribution is 0.00422. The van der Waals surface area contributed by atoms with Crippen LogP contribution in [0.15, 0.2) is 0 Å². The average Bonchev–Trinajstić information content (AvgIpc) is 2.46. The number of nitrogens with one attached hydrogen (secondary N) is 1. The van der Waals surface area contributed by atoms with Crippen LogP contribution in [0.4, 0.5) is 0 Å². The average molecular weight is 289 g/mol. The van der Waals surface area contributed by atoms with Crippen LogP contribution in [0.2, 0.25) is 0 Å². The second kappa shape index (κ2) is 12.5. The van der Waals surface area contributed by atoms with Crippen LogP contribution in [0, 0.1) is 5.92 Å². The predicted molar refractivity (Wildman–Crippen MR) is 79.0 cm³/mol. The Labute approximate surface area is 123 Å². The molecule has 0 radical (unpaired) electrons. The zero-order valence-corrected chi connectivity index (χ0v) is 12.8. The van der Waals surface area contributed by atoms with E-state index in [1.165, 1.54) is 6.42 Å². The number of unbranched alkanes of at least 4 members (excludes halogenated alkanes) is 1. The second-order valence-corrected chi connectivity index (χ2v) is 5.30. The molecule has 0 aromatic heterocycles. The summed E-state index contributed by atoms with van der Waals surface area (Å²) in [6.45, 7) is 8.03. The summed E-state index contributed by atoms with van der Waals surface area (Å²) >= 11 is 0. The van der Waals surface area contributed by atoms with Gasteiger partial charge in [0.05, 0.1) is 32.5 Å². The molecular weight excluding hydrogens is 258 g/mol. The lowest BCUT2D eigenvalue weighted by Crippen LogP contribution is -2.40. The number of piperidine rings is 1. The summed E-state index contributed by atoms with van der Waals surface area (Å²) in [5, 5.41) is 13.1. The summed E-state index contributed by atoms with van der Waals surface area (Å²) in [5.74, 6) is 0.330. The molecule has 0 bridgehead atoms. The van der Waals surface area contributed by atoms with Gasteiger partial charge in [-0.2, -0.15) is 0 Å². The van der Waals surface area contributed by atoms with Gasteiger partial charge in [0.15, 0.2) is 0 Å². The highest BCUT2D eigenvalue weighted by molar-refractivity contribution is 4.76. The molecule has 5 nitrogen and oxygen atoms in total. The molecule has 0 aromatic carbocycles. The van der Waals surface area contributed by atoms with Crippen molar-refractivity contribution in [2.45, 2.75) is 38.7 Å². The number of ether oxygens (including phenoxy) is 3. The summed E-state index contributed by atoms with van der Waals surface area (Å²) in [5.41, 5.74) is 0. The SMILES string of the molecule is CCCCOCCOCCOCCC1CNCCC1O. The van der Waals surface area contributed by atoms with Crippen LogP contribution in [0.5, 0.6) is 0 Å². The van der Waals surface area contributed by atoms with Gasteiger partial charge in [0, 0.05) is 19.8 Å². The third kappa shape index (κ3) is 8.87. The molecule has 0 aliphatic carbocycles. The number of aliphatic hydroxyl groups excluding tert-OH is 1. The zero-order chi connectivity index (χ0) is 14.5. The van der Waals surface area contributed by atoms with Gasteiger partial charge in [-0.3, -0.25) is 0 Å². The Morgan fingerprint density at radius 2 is 1.65 bits per heavy atom. The zero-order valence-electron chi connectivity index (χ0n) is 12.8. The molecule has 1 rings (SSSR count). The van der Waals surface area contributed by atoms with Crippen LogP contribution < -0.4 is 5.32 Å². The molecule has 2 atom stereocenters. The Morgan fingerprint density at radius 3 is 2.30 bits per heavy atom. The fourth-order valence-corrected chi connectivity index (χ4v) is 2.23. The summed E-state index contributed by atoms with van der Waals surface area (Å²) in [6, 6.07) is 0. The van der Waals surface area contributed by atoms with Gasteiger partial charge in [0.25, 0.3) is 0 Å². The van der Waals surface area contributed by atoms with Crippen LogP contribution >= 0.6 is 0 Å². The number of hydrogen-bond donors (Lipinski definition) is 2. The minimum atomic E-state index is -0.170. The van der Waals surface area contributed by atoms with Gasteiger partial charge in [-0.15, -0.1) is 0 Å². The maximum Gasteiger partial charge on any atom is 0.0701 e. The Bertz CT molecular complexity index is 216. The van der Waals surface area contributed by atoms with E-state index >= 15 is 0 Å². The van der Waals surface area contributed by atoms with E-state index in [1.807, 2.05) is 0 Å². The van der Waals surface area contributed by atoms with E-state index in [-0.39, 0.29) is 6.10 Å².